The molecule has 0 unspecified atom stereocenters. The van der Waals surface area contributed by atoms with Gasteiger partial charge < -0.3 is 15.2 Å². The molecule has 1 amide bonds. The first kappa shape index (κ1) is 14.0. The van der Waals surface area contributed by atoms with E-state index in [2.05, 4.69) is 6.92 Å². The number of carbonyl (C=O) groups excluding carboxylic acids is 1. The van der Waals surface area contributed by atoms with Crippen LogP contribution in [0.5, 0.6) is 0 Å². The number of hydrogen-bond acceptors (Lipinski definition) is 2. The molecule has 0 radical (unpaired) electrons. The van der Waals surface area contributed by atoms with Crippen LogP contribution in [-0.4, -0.2) is 29.0 Å². The highest BCUT2D eigenvalue weighted by atomic mass is 16.2. The van der Waals surface area contributed by atoms with Gasteiger partial charge in [0.1, 0.15) is 5.69 Å². The van der Waals surface area contributed by atoms with Gasteiger partial charge in [0.05, 0.1) is 5.69 Å². The quantitative estimate of drug-likeness (QED) is 0.888. The van der Waals surface area contributed by atoms with Crippen LogP contribution < -0.4 is 5.73 Å². The Bertz CT molecular complexity index is 433. The van der Waals surface area contributed by atoms with Crippen molar-refractivity contribution in [3.05, 3.63) is 18.0 Å². The van der Waals surface area contributed by atoms with Crippen molar-refractivity contribution in [2.24, 2.45) is 5.92 Å². The molecular formula is C15H25N3O. The second kappa shape index (κ2) is 6.13. The zero-order valence-corrected chi connectivity index (χ0v) is 12.1. The van der Waals surface area contributed by atoms with Gasteiger partial charge in [-0.05, 0) is 31.2 Å². The zero-order chi connectivity index (χ0) is 13.8. The molecule has 0 spiro atoms. The van der Waals surface area contributed by atoms with Crippen molar-refractivity contribution in [3.63, 3.8) is 0 Å². The van der Waals surface area contributed by atoms with Crippen molar-refractivity contribution >= 4 is 11.6 Å². The van der Waals surface area contributed by atoms with Crippen molar-refractivity contribution in [3.8, 4) is 0 Å². The van der Waals surface area contributed by atoms with Crippen LogP contribution in [0.2, 0.25) is 0 Å². The number of nitrogen functional groups attached to an aromatic ring is 1. The van der Waals surface area contributed by atoms with Gasteiger partial charge in [0.25, 0.3) is 5.91 Å². The van der Waals surface area contributed by atoms with Gasteiger partial charge in [-0.1, -0.05) is 19.8 Å². The Hall–Kier alpha value is -1.45. The lowest BCUT2D eigenvalue weighted by Gasteiger charge is -2.21. The van der Waals surface area contributed by atoms with E-state index in [0.29, 0.717) is 11.6 Å². The Morgan fingerprint density at radius 3 is 2.79 bits per heavy atom. The van der Waals surface area contributed by atoms with E-state index in [1.807, 2.05) is 22.7 Å². The molecule has 2 rings (SSSR count). The topological polar surface area (TPSA) is 51.3 Å². The molecule has 1 aromatic heterocycles. The number of aryl methyl sites for hydroxylation is 1. The second-order valence-corrected chi connectivity index (χ2v) is 5.69. The number of hydrogen-bond donors (Lipinski definition) is 1. The summed E-state index contributed by atoms with van der Waals surface area (Å²) >= 11 is 0. The fraction of sp³-hybridized carbons (Fsp3) is 0.667. The maximum absolute atomic E-state index is 12.5. The van der Waals surface area contributed by atoms with E-state index in [0.717, 1.165) is 25.2 Å². The molecule has 1 fully saturated rings. The number of carbonyl (C=O) groups is 1. The van der Waals surface area contributed by atoms with Gasteiger partial charge in [-0.25, -0.2) is 0 Å². The number of anilines is 1. The zero-order valence-electron chi connectivity index (χ0n) is 12.1. The van der Waals surface area contributed by atoms with Gasteiger partial charge in [-0.3, -0.25) is 4.79 Å². The highest BCUT2D eigenvalue weighted by Crippen LogP contribution is 2.25. The van der Waals surface area contributed by atoms with Crippen molar-refractivity contribution in [1.82, 2.24) is 9.47 Å². The molecule has 106 valence electrons. The van der Waals surface area contributed by atoms with Crippen molar-refractivity contribution in [2.45, 2.75) is 45.6 Å². The lowest BCUT2D eigenvalue weighted by molar-refractivity contribution is 0.0762. The number of rotatable bonds is 5. The third-order valence-electron chi connectivity index (χ3n) is 3.95. The minimum absolute atomic E-state index is 0.0945. The SMILES string of the molecule is CCCn1cc(N)cc1C(=O)N(C)CC1CCCC1. The van der Waals surface area contributed by atoms with Crippen molar-refractivity contribution in [1.29, 1.82) is 0 Å². The Kier molecular flexibility index (Phi) is 4.51. The first-order valence-corrected chi connectivity index (χ1v) is 7.33. The maximum Gasteiger partial charge on any atom is 0.270 e. The first-order chi connectivity index (χ1) is 9.11. The molecule has 1 heterocycles. The number of nitrogens with two attached hydrogens (primary N) is 1. The van der Waals surface area contributed by atoms with E-state index in [1.54, 1.807) is 6.07 Å². The first-order valence-electron chi connectivity index (χ1n) is 7.33. The van der Waals surface area contributed by atoms with E-state index in [4.69, 9.17) is 5.73 Å². The molecule has 0 bridgehead atoms. The molecule has 1 aromatic rings. The molecule has 1 aliphatic carbocycles. The van der Waals surface area contributed by atoms with Crippen molar-refractivity contribution < 1.29 is 4.79 Å². The highest BCUT2D eigenvalue weighted by molar-refractivity contribution is 5.93. The minimum Gasteiger partial charge on any atom is -0.397 e. The molecule has 0 atom stereocenters. The van der Waals surface area contributed by atoms with Crippen LogP contribution in [-0.2, 0) is 6.54 Å². The second-order valence-electron chi connectivity index (χ2n) is 5.69. The summed E-state index contributed by atoms with van der Waals surface area (Å²) in [4.78, 5) is 14.3. The molecule has 1 aliphatic rings. The van der Waals surface area contributed by atoms with E-state index in [-0.39, 0.29) is 5.91 Å². The summed E-state index contributed by atoms with van der Waals surface area (Å²) in [6.45, 7) is 3.82. The van der Waals surface area contributed by atoms with Crippen LogP contribution in [0.4, 0.5) is 5.69 Å². The predicted octanol–water partition coefficient (Wildman–Crippen LogP) is 2.74. The van der Waals surface area contributed by atoms with Gasteiger partial charge in [-0.15, -0.1) is 0 Å². The monoisotopic (exact) mass is 263 g/mol. The summed E-state index contributed by atoms with van der Waals surface area (Å²) in [7, 11) is 1.90. The van der Waals surface area contributed by atoms with Gasteiger partial charge in [0.15, 0.2) is 0 Å². The molecule has 0 saturated heterocycles. The lowest BCUT2D eigenvalue weighted by Crippen LogP contribution is -2.32. The molecule has 2 N–H and O–H groups in total. The minimum atomic E-state index is 0.0945. The average molecular weight is 263 g/mol. The normalized spacial score (nSPS) is 15.9. The summed E-state index contributed by atoms with van der Waals surface area (Å²) in [6.07, 6.45) is 8.00. The Morgan fingerprint density at radius 1 is 1.47 bits per heavy atom. The van der Waals surface area contributed by atoms with Gasteiger partial charge >= 0.3 is 0 Å². The van der Waals surface area contributed by atoms with E-state index >= 15 is 0 Å². The van der Waals surface area contributed by atoms with Gasteiger partial charge in [-0.2, -0.15) is 0 Å². The highest BCUT2D eigenvalue weighted by Gasteiger charge is 2.22. The van der Waals surface area contributed by atoms with Gasteiger partial charge in [0, 0.05) is 26.3 Å². The smallest absolute Gasteiger partial charge is 0.270 e. The van der Waals surface area contributed by atoms with E-state index in [1.165, 1.54) is 25.7 Å². The summed E-state index contributed by atoms with van der Waals surface area (Å²) in [6, 6.07) is 1.79. The Balaban J connectivity index is 2.04. The number of nitrogens with zero attached hydrogens (tertiary/aromatic N) is 2. The van der Waals surface area contributed by atoms with Crippen LogP contribution in [0.15, 0.2) is 12.3 Å². The fourth-order valence-electron chi connectivity index (χ4n) is 3.00. The van der Waals surface area contributed by atoms with Crippen LogP contribution in [0.25, 0.3) is 0 Å². The molecule has 0 aliphatic heterocycles. The largest absolute Gasteiger partial charge is 0.397 e. The maximum atomic E-state index is 12.5. The van der Waals surface area contributed by atoms with Crippen molar-refractivity contribution in [2.75, 3.05) is 19.3 Å². The Morgan fingerprint density at radius 2 is 2.16 bits per heavy atom. The fourth-order valence-corrected chi connectivity index (χ4v) is 3.00. The standard InChI is InChI=1S/C15H25N3O/c1-3-8-18-11-13(16)9-14(18)15(19)17(2)10-12-6-4-5-7-12/h9,11-12H,3-8,10,16H2,1-2H3. The predicted molar refractivity (Wildman–Crippen MR) is 78.1 cm³/mol. The Labute approximate surface area is 115 Å². The summed E-state index contributed by atoms with van der Waals surface area (Å²) in [5.74, 6) is 0.776. The third-order valence-corrected chi connectivity index (χ3v) is 3.95. The van der Waals surface area contributed by atoms with Crippen LogP contribution in [0.3, 0.4) is 0 Å². The number of aromatic nitrogens is 1. The molecule has 4 nitrogen and oxygen atoms in total. The summed E-state index contributed by atoms with van der Waals surface area (Å²) < 4.78 is 1.98. The molecule has 1 saturated carbocycles. The van der Waals surface area contributed by atoms with Gasteiger partial charge in [0.2, 0.25) is 0 Å². The molecular weight excluding hydrogens is 238 g/mol. The summed E-state index contributed by atoms with van der Waals surface area (Å²) in [5.41, 5.74) is 7.21. The van der Waals surface area contributed by atoms with Crippen LogP contribution >= 0.6 is 0 Å². The van der Waals surface area contributed by atoms with Crippen LogP contribution in [0, 0.1) is 5.92 Å². The molecule has 0 aromatic carbocycles. The lowest BCUT2D eigenvalue weighted by atomic mass is 10.1. The summed E-state index contributed by atoms with van der Waals surface area (Å²) in [5, 5.41) is 0. The molecule has 19 heavy (non-hydrogen) atoms. The van der Waals surface area contributed by atoms with E-state index < -0.39 is 0 Å². The van der Waals surface area contributed by atoms with E-state index in [9.17, 15) is 4.79 Å². The molecule has 4 heteroatoms. The van der Waals surface area contributed by atoms with Crippen LogP contribution in [0.1, 0.15) is 49.5 Å². The number of amides is 1. The third kappa shape index (κ3) is 3.31. The average Bonchev–Trinajstić information content (AvgIpc) is 2.98.